The Balaban J connectivity index is 1.86. The first kappa shape index (κ1) is 13.7. The normalized spacial score (nSPS) is 12.6. The first-order valence-corrected chi connectivity index (χ1v) is 6.29. The van der Waals surface area contributed by atoms with Gasteiger partial charge in [-0.3, -0.25) is 0 Å². The Labute approximate surface area is 111 Å². The molecule has 0 saturated carbocycles. The van der Waals surface area contributed by atoms with Crippen LogP contribution < -0.4 is 5.32 Å². The van der Waals surface area contributed by atoms with E-state index in [2.05, 4.69) is 5.32 Å². The maximum Gasteiger partial charge on any atom is 0.126 e. The monoisotopic (exact) mass is 265 g/mol. The van der Waals surface area contributed by atoms with Gasteiger partial charge in [0.1, 0.15) is 23.2 Å². The molecule has 0 saturated heterocycles. The quantitative estimate of drug-likeness (QED) is 0.890. The summed E-state index contributed by atoms with van der Waals surface area (Å²) in [6, 6.07) is 7.50. The van der Waals surface area contributed by atoms with Crippen LogP contribution >= 0.6 is 0 Å². The number of aryl methyl sites for hydroxylation is 1. The molecule has 2 nitrogen and oxygen atoms in total. The van der Waals surface area contributed by atoms with Gasteiger partial charge in [-0.15, -0.1) is 0 Å². The third-order valence-electron chi connectivity index (χ3n) is 2.97. The van der Waals surface area contributed by atoms with Crippen LogP contribution in [0.15, 0.2) is 34.7 Å². The fraction of sp³-hybridized carbons (Fsp3) is 0.333. The van der Waals surface area contributed by atoms with Crippen molar-refractivity contribution in [2.45, 2.75) is 26.3 Å². The summed E-state index contributed by atoms with van der Waals surface area (Å²) in [5, 5.41) is 3.26. The lowest BCUT2D eigenvalue weighted by Crippen LogP contribution is -2.21. The second kappa shape index (κ2) is 5.97. The molecule has 1 unspecified atom stereocenters. The zero-order valence-corrected chi connectivity index (χ0v) is 11.0. The average molecular weight is 265 g/mol. The predicted molar refractivity (Wildman–Crippen MR) is 69.9 cm³/mol. The third kappa shape index (κ3) is 3.89. The lowest BCUT2D eigenvalue weighted by Gasteiger charge is -2.11. The Morgan fingerprint density at radius 1 is 1.16 bits per heavy atom. The van der Waals surface area contributed by atoms with E-state index in [0.29, 0.717) is 18.5 Å². The van der Waals surface area contributed by atoms with Gasteiger partial charge in [-0.25, -0.2) is 8.78 Å². The molecule has 0 aliphatic carbocycles. The number of hydrogen-bond donors (Lipinski definition) is 1. The first-order valence-electron chi connectivity index (χ1n) is 6.29. The second-order valence-corrected chi connectivity index (χ2v) is 4.65. The number of nitrogens with one attached hydrogen (secondary N) is 1. The van der Waals surface area contributed by atoms with Gasteiger partial charge < -0.3 is 9.73 Å². The number of hydrogen-bond acceptors (Lipinski definition) is 2. The van der Waals surface area contributed by atoms with E-state index in [4.69, 9.17) is 4.42 Å². The van der Waals surface area contributed by atoms with Crippen molar-refractivity contribution in [3.05, 3.63) is 59.1 Å². The van der Waals surface area contributed by atoms with Crippen molar-refractivity contribution in [3.63, 3.8) is 0 Å². The number of rotatable bonds is 5. The van der Waals surface area contributed by atoms with Gasteiger partial charge in [0.05, 0.1) is 6.04 Å². The van der Waals surface area contributed by atoms with E-state index in [1.807, 2.05) is 26.0 Å². The van der Waals surface area contributed by atoms with Crippen molar-refractivity contribution in [2.24, 2.45) is 0 Å². The number of halogens is 2. The van der Waals surface area contributed by atoms with Crippen molar-refractivity contribution >= 4 is 0 Å². The van der Waals surface area contributed by atoms with Crippen molar-refractivity contribution < 1.29 is 13.2 Å². The maximum absolute atomic E-state index is 13.0. The van der Waals surface area contributed by atoms with E-state index in [-0.39, 0.29) is 6.04 Å². The van der Waals surface area contributed by atoms with Crippen molar-refractivity contribution in [2.75, 3.05) is 6.54 Å². The summed E-state index contributed by atoms with van der Waals surface area (Å²) in [6.07, 6.45) is 0.568. The highest BCUT2D eigenvalue weighted by atomic mass is 19.1. The summed E-state index contributed by atoms with van der Waals surface area (Å²) in [4.78, 5) is 0. The van der Waals surface area contributed by atoms with E-state index in [1.165, 1.54) is 12.1 Å². The number of furan rings is 1. The molecule has 0 aliphatic heterocycles. The molecule has 1 N–H and O–H groups in total. The highest BCUT2D eigenvalue weighted by Gasteiger charge is 2.08. The summed E-state index contributed by atoms with van der Waals surface area (Å²) in [5.41, 5.74) is 0.646. The first-order chi connectivity index (χ1) is 9.04. The third-order valence-corrected chi connectivity index (χ3v) is 2.97. The molecular weight excluding hydrogens is 248 g/mol. The Bertz CT molecular complexity index is 531. The number of benzene rings is 1. The van der Waals surface area contributed by atoms with Crippen molar-refractivity contribution in [3.8, 4) is 0 Å². The summed E-state index contributed by atoms with van der Waals surface area (Å²) in [6.45, 7) is 4.51. The molecule has 19 heavy (non-hydrogen) atoms. The van der Waals surface area contributed by atoms with Crippen LogP contribution in [0.4, 0.5) is 8.78 Å². The van der Waals surface area contributed by atoms with Gasteiger partial charge in [-0.05, 0) is 56.6 Å². The SMILES string of the molecule is Cc1ccc(C(C)NCCc2cc(F)cc(F)c2)o1. The molecule has 2 rings (SSSR count). The van der Waals surface area contributed by atoms with Crippen LogP contribution in [0.3, 0.4) is 0 Å². The van der Waals surface area contributed by atoms with Crippen molar-refractivity contribution in [1.82, 2.24) is 5.32 Å². The van der Waals surface area contributed by atoms with Crippen LogP contribution in [0.1, 0.15) is 30.0 Å². The van der Waals surface area contributed by atoms with E-state index in [1.54, 1.807) is 0 Å². The minimum Gasteiger partial charge on any atom is -0.465 e. The van der Waals surface area contributed by atoms with Gasteiger partial charge in [0, 0.05) is 6.07 Å². The molecule has 0 bridgehead atoms. The Kier molecular flexibility index (Phi) is 4.32. The van der Waals surface area contributed by atoms with Crippen LogP contribution in [-0.4, -0.2) is 6.54 Å². The van der Waals surface area contributed by atoms with Crippen LogP contribution in [-0.2, 0) is 6.42 Å². The molecule has 4 heteroatoms. The molecule has 1 aromatic carbocycles. The molecule has 1 atom stereocenters. The highest BCUT2D eigenvalue weighted by Crippen LogP contribution is 2.15. The largest absolute Gasteiger partial charge is 0.465 e. The second-order valence-electron chi connectivity index (χ2n) is 4.65. The zero-order chi connectivity index (χ0) is 13.8. The summed E-state index contributed by atoms with van der Waals surface area (Å²) in [5.74, 6) is 0.660. The topological polar surface area (TPSA) is 25.2 Å². The predicted octanol–water partition coefficient (Wildman–Crippen LogP) is 3.76. The maximum atomic E-state index is 13.0. The van der Waals surface area contributed by atoms with Gasteiger partial charge in [0.2, 0.25) is 0 Å². The molecule has 1 heterocycles. The van der Waals surface area contributed by atoms with Gasteiger partial charge >= 0.3 is 0 Å². The van der Waals surface area contributed by atoms with Crippen molar-refractivity contribution in [1.29, 1.82) is 0 Å². The van der Waals surface area contributed by atoms with E-state index >= 15 is 0 Å². The molecule has 0 radical (unpaired) electrons. The molecule has 0 spiro atoms. The fourth-order valence-electron chi connectivity index (χ4n) is 1.98. The minimum absolute atomic E-state index is 0.0760. The van der Waals surface area contributed by atoms with Crippen LogP contribution in [0, 0.1) is 18.6 Å². The standard InChI is InChI=1S/C15H17F2NO/c1-10-3-4-15(19-10)11(2)18-6-5-12-7-13(16)9-14(17)8-12/h3-4,7-9,11,18H,5-6H2,1-2H3. The fourth-order valence-corrected chi connectivity index (χ4v) is 1.98. The van der Waals surface area contributed by atoms with Gasteiger partial charge in [-0.2, -0.15) is 0 Å². The summed E-state index contributed by atoms with van der Waals surface area (Å²) >= 11 is 0. The lowest BCUT2D eigenvalue weighted by atomic mass is 10.1. The Morgan fingerprint density at radius 2 is 1.84 bits per heavy atom. The Hall–Kier alpha value is -1.68. The van der Waals surface area contributed by atoms with Gasteiger partial charge in [-0.1, -0.05) is 0 Å². The van der Waals surface area contributed by atoms with E-state index in [0.717, 1.165) is 17.6 Å². The lowest BCUT2D eigenvalue weighted by molar-refractivity contribution is 0.418. The zero-order valence-electron chi connectivity index (χ0n) is 11.0. The summed E-state index contributed by atoms with van der Waals surface area (Å²) in [7, 11) is 0. The highest BCUT2D eigenvalue weighted by molar-refractivity contribution is 5.18. The molecular formula is C15H17F2NO. The van der Waals surface area contributed by atoms with Crippen LogP contribution in [0.25, 0.3) is 0 Å². The minimum atomic E-state index is -0.537. The molecule has 102 valence electrons. The molecule has 1 aromatic heterocycles. The smallest absolute Gasteiger partial charge is 0.126 e. The van der Waals surface area contributed by atoms with E-state index < -0.39 is 11.6 Å². The van der Waals surface area contributed by atoms with Gasteiger partial charge in [0.15, 0.2) is 0 Å². The molecule has 2 aromatic rings. The van der Waals surface area contributed by atoms with E-state index in [9.17, 15) is 8.78 Å². The van der Waals surface area contributed by atoms with Crippen LogP contribution in [0.5, 0.6) is 0 Å². The Morgan fingerprint density at radius 3 is 2.42 bits per heavy atom. The summed E-state index contributed by atoms with van der Waals surface area (Å²) < 4.78 is 31.5. The van der Waals surface area contributed by atoms with Gasteiger partial charge in [0.25, 0.3) is 0 Å². The average Bonchev–Trinajstić information content (AvgIpc) is 2.74. The molecule has 0 fully saturated rings. The molecule has 0 aliphatic rings. The molecule has 0 amide bonds. The van der Waals surface area contributed by atoms with Crippen LogP contribution in [0.2, 0.25) is 0 Å².